The molecular formula is C16H19NS. The van der Waals surface area contributed by atoms with E-state index >= 15 is 0 Å². The largest absolute Gasteiger partial charge is 0.310 e. The van der Waals surface area contributed by atoms with Crippen molar-refractivity contribution in [3.8, 4) is 11.1 Å². The molecule has 1 nitrogen and oxygen atoms in total. The summed E-state index contributed by atoms with van der Waals surface area (Å²) >= 11 is 1.84. The van der Waals surface area contributed by atoms with Gasteiger partial charge >= 0.3 is 0 Å². The molecule has 1 heterocycles. The fraction of sp³-hybridized carbons (Fsp3) is 0.375. The maximum absolute atomic E-state index is 3.59. The second-order valence-electron chi connectivity index (χ2n) is 4.97. The predicted octanol–water partition coefficient (Wildman–Crippen LogP) is 4.32. The van der Waals surface area contributed by atoms with Crippen LogP contribution >= 0.6 is 11.3 Å². The fourth-order valence-electron chi connectivity index (χ4n) is 2.97. The summed E-state index contributed by atoms with van der Waals surface area (Å²) in [7, 11) is 0. The van der Waals surface area contributed by atoms with Crippen LogP contribution in [0.1, 0.15) is 35.4 Å². The minimum Gasteiger partial charge on any atom is -0.310 e. The number of hydrogen-bond donors (Lipinski definition) is 1. The highest BCUT2D eigenvalue weighted by atomic mass is 32.1. The molecule has 0 bridgehead atoms. The van der Waals surface area contributed by atoms with Gasteiger partial charge in [-0.25, -0.2) is 0 Å². The lowest BCUT2D eigenvalue weighted by atomic mass is 9.98. The van der Waals surface area contributed by atoms with E-state index in [0.717, 1.165) is 6.54 Å². The molecule has 1 atom stereocenters. The first-order valence-corrected chi connectivity index (χ1v) is 7.58. The van der Waals surface area contributed by atoms with Crippen LogP contribution in [0.4, 0.5) is 0 Å². The first kappa shape index (κ1) is 11.9. The van der Waals surface area contributed by atoms with Gasteiger partial charge in [-0.15, -0.1) is 11.3 Å². The van der Waals surface area contributed by atoms with E-state index in [1.807, 2.05) is 11.3 Å². The number of fused-ring (bicyclic) bond motifs is 1. The molecule has 0 fully saturated rings. The Morgan fingerprint density at radius 1 is 1.39 bits per heavy atom. The summed E-state index contributed by atoms with van der Waals surface area (Å²) in [4.78, 5) is 1.39. The third-order valence-electron chi connectivity index (χ3n) is 3.76. The number of aryl methyl sites for hydroxylation is 1. The van der Waals surface area contributed by atoms with Gasteiger partial charge in [0.2, 0.25) is 0 Å². The topological polar surface area (TPSA) is 12.0 Å². The zero-order chi connectivity index (χ0) is 12.5. The van der Waals surface area contributed by atoms with Crippen molar-refractivity contribution >= 4 is 11.3 Å². The van der Waals surface area contributed by atoms with Crippen LogP contribution in [-0.2, 0) is 6.42 Å². The second kappa shape index (κ2) is 4.87. The van der Waals surface area contributed by atoms with E-state index in [1.165, 1.54) is 34.4 Å². The van der Waals surface area contributed by atoms with Gasteiger partial charge in [0.15, 0.2) is 0 Å². The molecule has 0 amide bonds. The molecule has 0 aliphatic heterocycles. The zero-order valence-electron chi connectivity index (χ0n) is 11.0. The van der Waals surface area contributed by atoms with Crippen molar-refractivity contribution < 1.29 is 0 Å². The van der Waals surface area contributed by atoms with Crippen molar-refractivity contribution in [3.63, 3.8) is 0 Å². The van der Waals surface area contributed by atoms with Gasteiger partial charge in [-0.2, -0.15) is 0 Å². The zero-order valence-corrected chi connectivity index (χ0v) is 11.8. The highest BCUT2D eigenvalue weighted by molar-refractivity contribution is 7.10. The molecule has 18 heavy (non-hydrogen) atoms. The van der Waals surface area contributed by atoms with Gasteiger partial charge < -0.3 is 5.32 Å². The Kier molecular flexibility index (Phi) is 3.23. The van der Waals surface area contributed by atoms with Crippen LogP contribution in [-0.4, -0.2) is 6.54 Å². The van der Waals surface area contributed by atoms with Crippen molar-refractivity contribution in [1.29, 1.82) is 0 Å². The van der Waals surface area contributed by atoms with Crippen LogP contribution < -0.4 is 5.32 Å². The maximum Gasteiger partial charge on any atom is 0.0326 e. The standard InChI is InChI=1S/C16H19NS/c1-3-17-16-8-7-14-13(5-4-6-15(14)16)12-9-11(2)18-10-12/h4-6,9-10,16-17H,3,7-8H2,1-2H3. The summed E-state index contributed by atoms with van der Waals surface area (Å²) in [5, 5.41) is 5.87. The highest BCUT2D eigenvalue weighted by Crippen LogP contribution is 2.38. The van der Waals surface area contributed by atoms with Crippen LogP contribution in [0, 0.1) is 6.92 Å². The third kappa shape index (κ3) is 2.00. The Bertz CT molecular complexity index is 556. The van der Waals surface area contributed by atoms with Crippen molar-refractivity contribution in [2.75, 3.05) is 6.54 Å². The average Bonchev–Trinajstić information content (AvgIpc) is 2.97. The van der Waals surface area contributed by atoms with E-state index in [1.54, 1.807) is 5.56 Å². The molecule has 3 rings (SSSR count). The molecule has 1 aliphatic rings. The molecule has 0 saturated heterocycles. The Balaban J connectivity index is 2.03. The molecule has 1 aromatic heterocycles. The van der Waals surface area contributed by atoms with Gasteiger partial charge in [0, 0.05) is 10.9 Å². The summed E-state index contributed by atoms with van der Waals surface area (Å²) in [5.74, 6) is 0. The Morgan fingerprint density at radius 3 is 3.00 bits per heavy atom. The third-order valence-corrected chi connectivity index (χ3v) is 4.62. The maximum atomic E-state index is 3.59. The van der Waals surface area contributed by atoms with Crippen LogP contribution in [0.15, 0.2) is 29.6 Å². The highest BCUT2D eigenvalue weighted by Gasteiger charge is 2.24. The summed E-state index contributed by atoms with van der Waals surface area (Å²) in [6, 6.07) is 9.63. The molecule has 2 aromatic rings. The van der Waals surface area contributed by atoms with Crippen LogP contribution in [0.5, 0.6) is 0 Å². The number of nitrogens with one attached hydrogen (secondary N) is 1. The molecule has 0 saturated carbocycles. The molecule has 1 aliphatic carbocycles. The Morgan fingerprint density at radius 2 is 2.28 bits per heavy atom. The number of rotatable bonds is 3. The monoisotopic (exact) mass is 257 g/mol. The molecule has 94 valence electrons. The summed E-state index contributed by atoms with van der Waals surface area (Å²) in [6.07, 6.45) is 2.45. The van der Waals surface area contributed by atoms with Gasteiger partial charge in [0.05, 0.1) is 0 Å². The molecule has 2 heteroatoms. The second-order valence-corrected chi connectivity index (χ2v) is 6.08. The number of thiophene rings is 1. The van der Waals surface area contributed by atoms with Gasteiger partial charge in [0.1, 0.15) is 0 Å². The first-order chi connectivity index (χ1) is 8.79. The lowest BCUT2D eigenvalue weighted by Crippen LogP contribution is -2.18. The van der Waals surface area contributed by atoms with Crippen LogP contribution in [0.3, 0.4) is 0 Å². The predicted molar refractivity (Wildman–Crippen MR) is 79.2 cm³/mol. The van der Waals surface area contributed by atoms with E-state index in [4.69, 9.17) is 0 Å². The minimum absolute atomic E-state index is 0.560. The summed E-state index contributed by atoms with van der Waals surface area (Å²) in [5.41, 5.74) is 5.91. The van der Waals surface area contributed by atoms with E-state index in [0.29, 0.717) is 6.04 Å². The molecule has 1 aromatic carbocycles. The van der Waals surface area contributed by atoms with E-state index in [9.17, 15) is 0 Å². The SMILES string of the molecule is CCNC1CCc2c(-c3csc(C)c3)cccc21. The van der Waals surface area contributed by atoms with Crippen LogP contribution in [0.2, 0.25) is 0 Å². The lowest BCUT2D eigenvalue weighted by Gasteiger charge is -2.13. The minimum atomic E-state index is 0.560. The normalized spacial score (nSPS) is 18.0. The van der Waals surface area contributed by atoms with E-state index in [-0.39, 0.29) is 0 Å². The van der Waals surface area contributed by atoms with Gasteiger partial charge in [0.25, 0.3) is 0 Å². The fourth-order valence-corrected chi connectivity index (χ4v) is 3.67. The van der Waals surface area contributed by atoms with Crippen molar-refractivity contribution in [1.82, 2.24) is 5.32 Å². The van der Waals surface area contributed by atoms with Crippen molar-refractivity contribution in [3.05, 3.63) is 45.6 Å². The molecule has 1 unspecified atom stereocenters. The van der Waals surface area contributed by atoms with Crippen LogP contribution in [0.25, 0.3) is 11.1 Å². The molecule has 0 spiro atoms. The van der Waals surface area contributed by atoms with Crippen molar-refractivity contribution in [2.45, 2.75) is 32.7 Å². The number of benzene rings is 1. The first-order valence-electron chi connectivity index (χ1n) is 6.70. The van der Waals surface area contributed by atoms with Gasteiger partial charge in [-0.3, -0.25) is 0 Å². The Hall–Kier alpha value is -1.12. The van der Waals surface area contributed by atoms with E-state index < -0.39 is 0 Å². The summed E-state index contributed by atoms with van der Waals surface area (Å²) < 4.78 is 0. The van der Waals surface area contributed by atoms with Crippen molar-refractivity contribution in [2.24, 2.45) is 0 Å². The lowest BCUT2D eigenvalue weighted by molar-refractivity contribution is 0.549. The molecular weight excluding hydrogens is 238 g/mol. The number of hydrogen-bond acceptors (Lipinski definition) is 2. The van der Waals surface area contributed by atoms with Gasteiger partial charge in [-0.05, 0) is 60.0 Å². The molecule has 1 N–H and O–H groups in total. The molecule has 0 radical (unpaired) electrons. The Labute approximate surface area is 113 Å². The average molecular weight is 257 g/mol. The quantitative estimate of drug-likeness (QED) is 0.863. The summed E-state index contributed by atoms with van der Waals surface area (Å²) in [6.45, 7) is 5.41. The smallest absolute Gasteiger partial charge is 0.0326 e. The van der Waals surface area contributed by atoms with E-state index in [2.05, 4.69) is 48.8 Å². The van der Waals surface area contributed by atoms with Gasteiger partial charge in [-0.1, -0.05) is 25.1 Å².